The lowest BCUT2D eigenvalue weighted by molar-refractivity contribution is 0.0393. The van der Waals surface area contributed by atoms with Crippen molar-refractivity contribution < 1.29 is 13.2 Å². The van der Waals surface area contributed by atoms with Gasteiger partial charge in [-0.05, 0) is 33.9 Å². The lowest BCUT2D eigenvalue weighted by atomic mass is 10.3. The normalized spacial score (nSPS) is 21.1. The van der Waals surface area contributed by atoms with E-state index in [9.17, 15) is 8.42 Å². The fourth-order valence-electron chi connectivity index (χ4n) is 2.65. The van der Waals surface area contributed by atoms with Gasteiger partial charge >= 0.3 is 0 Å². The Morgan fingerprint density at radius 2 is 2.19 bits per heavy atom. The molecular weight excluding hydrogens is 290 g/mol. The van der Waals surface area contributed by atoms with Crippen molar-refractivity contribution in [1.82, 2.24) is 14.2 Å². The van der Waals surface area contributed by atoms with Crippen molar-refractivity contribution in [3.05, 3.63) is 18.0 Å². The van der Waals surface area contributed by atoms with Crippen LogP contribution >= 0.6 is 0 Å². The van der Waals surface area contributed by atoms with Crippen LogP contribution in [-0.2, 0) is 21.3 Å². The summed E-state index contributed by atoms with van der Waals surface area (Å²) in [7, 11) is -1.60. The molecule has 120 valence electrons. The van der Waals surface area contributed by atoms with Gasteiger partial charge in [0.1, 0.15) is 4.90 Å². The highest BCUT2D eigenvalue weighted by Crippen LogP contribution is 2.24. The van der Waals surface area contributed by atoms with Gasteiger partial charge in [-0.25, -0.2) is 8.42 Å². The molecule has 0 aliphatic carbocycles. The Hall–Kier alpha value is -0.890. The van der Waals surface area contributed by atoms with Gasteiger partial charge < -0.3 is 14.6 Å². The molecule has 1 atom stereocenters. The van der Waals surface area contributed by atoms with Gasteiger partial charge in [-0.15, -0.1) is 0 Å². The highest BCUT2D eigenvalue weighted by molar-refractivity contribution is 7.89. The van der Waals surface area contributed by atoms with E-state index >= 15 is 0 Å². The van der Waals surface area contributed by atoms with Crippen molar-refractivity contribution in [3.8, 4) is 0 Å². The number of rotatable bonds is 5. The molecule has 1 unspecified atom stereocenters. The Kier molecular flexibility index (Phi) is 5.08. The Morgan fingerprint density at radius 1 is 1.48 bits per heavy atom. The van der Waals surface area contributed by atoms with Crippen LogP contribution in [0.4, 0.5) is 0 Å². The van der Waals surface area contributed by atoms with Gasteiger partial charge in [0.05, 0.1) is 13.2 Å². The molecule has 1 aromatic heterocycles. The summed E-state index contributed by atoms with van der Waals surface area (Å²) in [5.74, 6) is 0. The van der Waals surface area contributed by atoms with Crippen LogP contribution < -0.4 is 5.32 Å². The van der Waals surface area contributed by atoms with E-state index in [4.69, 9.17) is 4.74 Å². The molecule has 0 amide bonds. The van der Waals surface area contributed by atoms with Gasteiger partial charge in [-0.2, -0.15) is 4.31 Å². The molecule has 2 rings (SSSR count). The van der Waals surface area contributed by atoms with E-state index in [-0.39, 0.29) is 12.1 Å². The lowest BCUT2D eigenvalue weighted by Crippen LogP contribution is -2.46. The Morgan fingerprint density at radius 3 is 2.76 bits per heavy atom. The Bertz CT molecular complexity index is 580. The molecule has 2 heterocycles. The molecule has 1 aliphatic rings. The van der Waals surface area contributed by atoms with Gasteiger partial charge in [0.15, 0.2) is 0 Å². The molecule has 6 nitrogen and oxygen atoms in total. The van der Waals surface area contributed by atoms with Crippen molar-refractivity contribution in [3.63, 3.8) is 0 Å². The number of sulfonamides is 1. The van der Waals surface area contributed by atoms with Crippen LogP contribution in [0.2, 0.25) is 0 Å². The zero-order chi connectivity index (χ0) is 15.6. The van der Waals surface area contributed by atoms with Crippen LogP contribution in [0, 0.1) is 0 Å². The summed E-state index contributed by atoms with van der Waals surface area (Å²) < 4.78 is 34.5. The quantitative estimate of drug-likeness (QED) is 0.887. The Balaban J connectivity index is 2.37. The van der Waals surface area contributed by atoms with E-state index in [1.807, 2.05) is 32.4 Å². The lowest BCUT2D eigenvalue weighted by Gasteiger charge is -2.31. The summed E-state index contributed by atoms with van der Waals surface area (Å²) in [6.45, 7) is 7.94. The van der Waals surface area contributed by atoms with E-state index in [0.717, 1.165) is 5.69 Å². The molecule has 1 aromatic rings. The van der Waals surface area contributed by atoms with Crippen molar-refractivity contribution >= 4 is 10.0 Å². The summed E-state index contributed by atoms with van der Waals surface area (Å²) in [6.07, 6.45) is 1.74. The summed E-state index contributed by atoms with van der Waals surface area (Å²) in [4.78, 5) is 0.371. The minimum absolute atomic E-state index is 0.126. The Labute approximate surface area is 127 Å². The maximum absolute atomic E-state index is 12.8. The standard InChI is InChI=1S/C14H25N3O3S/c1-11(2)16-9-14(7-13(16)8-15-4)21(18,19)17-5-6-20-10-12(17)3/h7,9,11-12,15H,5-6,8,10H2,1-4H3. The number of aromatic nitrogens is 1. The molecule has 0 radical (unpaired) electrons. The number of nitrogens with zero attached hydrogens (tertiary/aromatic N) is 2. The summed E-state index contributed by atoms with van der Waals surface area (Å²) >= 11 is 0. The highest BCUT2D eigenvalue weighted by atomic mass is 32.2. The first-order valence-corrected chi connectivity index (χ1v) is 8.77. The molecule has 7 heteroatoms. The molecule has 21 heavy (non-hydrogen) atoms. The molecule has 0 saturated carbocycles. The minimum atomic E-state index is -3.46. The molecule has 1 N–H and O–H groups in total. The van der Waals surface area contributed by atoms with Gasteiger partial charge in [0.25, 0.3) is 0 Å². The summed E-state index contributed by atoms with van der Waals surface area (Å²) in [5.41, 5.74) is 0.979. The van der Waals surface area contributed by atoms with Crippen LogP contribution in [0.3, 0.4) is 0 Å². The van der Waals surface area contributed by atoms with E-state index in [2.05, 4.69) is 5.32 Å². The number of hydrogen-bond acceptors (Lipinski definition) is 4. The third-order valence-corrected chi connectivity index (χ3v) is 5.71. The van der Waals surface area contributed by atoms with E-state index in [0.29, 0.717) is 31.2 Å². The summed E-state index contributed by atoms with van der Waals surface area (Å²) in [6, 6.07) is 1.87. The van der Waals surface area contributed by atoms with Gasteiger partial charge in [0, 0.05) is 37.1 Å². The maximum atomic E-state index is 12.8. The van der Waals surface area contributed by atoms with Crippen molar-refractivity contribution in [2.75, 3.05) is 26.8 Å². The average molecular weight is 315 g/mol. The molecule has 1 saturated heterocycles. The third-order valence-electron chi connectivity index (χ3n) is 3.73. The first kappa shape index (κ1) is 16.5. The molecule has 1 aliphatic heterocycles. The topological polar surface area (TPSA) is 63.6 Å². The summed E-state index contributed by atoms with van der Waals surface area (Å²) in [5, 5.41) is 3.08. The first-order chi connectivity index (χ1) is 9.87. The smallest absolute Gasteiger partial charge is 0.244 e. The average Bonchev–Trinajstić information content (AvgIpc) is 2.84. The minimum Gasteiger partial charge on any atom is -0.378 e. The zero-order valence-corrected chi connectivity index (χ0v) is 14.0. The van der Waals surface area contributed by atoms with E-state index < -0.39 is 10.0 Å². The van der Waals surface area contributed by atoms with Crippen LogP contribution in [0.5, 0.6) is 0 Å². The number of morpholine rings is 1. The highest BCUT2D eigenvalue weighted by Gasteiger charge is 2.32. The van der Waals surface area contributed by atoms with Crippen molar-refractivity contribution in [1.29, 1.82) is 0 Å². The second-order valence-electron chi connectivity index (χ2n) is 5.74. The number of hydrogen-bond donors (Lipinski definition) is 1. The first-order valence-electron chi connectivity index (χ1n) is 7.33. The second-order valence-corrected chi connectivity index (χ2v) is 7.63. The molecule has 0 aromatic carbocycles. The monoisotopic (exact) mass is 315 g/mol. The predicted molar refractivity (Wildman–Crippen MR) is 81.8 cm³/mol. The number of ether oxygens (including phenoxy) is 1. The fourth-order valence-corrected chi connectivity index (χ4v) is 4.30. The van der Waals surface area contributed by atoms with Crippen LogP contribution in [0.15, 0.2) is 17.2 Å². The predicted octanol–water partition coefficient (Wildman–Crippen LogP) is 1.20. The largest absolute Gasteiger partial charge is 0.378 e. The zero-order valence-electron chi connectivity index (χ0n) is 13.2. The molecule has 1 fully saturated rings. The molecule has 0 spiro atoms. The fraction of sp³-hybridized carbons (Fsp3) is 0.714. The van der Waals surface area contributed by atoms with Crippen LogP contribution in [0.25, 0.3) is 0 Å². The van der Waals surface area contributed by atoms with Crippen LogP contribution in [0.1, 0.15) is 32.5 Å². The molecular formula is C14H25N3O3S. The maximum Gasteiger partial charge on any atom is 0.244 e. The van der Waals surface area contributed by atoms with Crippen molar-refractivity contribution in [2.45, 2.75) is 44.3 Å². The number of nitrogens with one attached hydrogen (secondary N) is 1. The SMILES string of the molecule is CNCc1cc(S(=O)(=O)N2CCOCC2C)cn1C(C)C. The van der Waals surface area contributed by atoms with E-state index in [1.165, 1.54) is 0 Å². The second kappa shape index (κ2) is 6.48. The van der Waals surface area contributed by atoms with Gasteiger partial charge in [-0.1, -0.05) is 0 Å². The van der Waals surface area contributed by atoms with Crippen LogP contribution in [-0.4, -0.2) is 50.1 Å². The van der Waals surface area contributed by atoms with Crippen molar-refractivity contribution in [2.24, 2.45) is 0 Å². The third kappa shape index (κ3) is 3.31. The van der Waals surface area contributed by atoms with E-state index in [1.54, 1.807) is 16.6 Å². The van der Waals surface area contributed by atoms with Gasteiger partial charge in [-0.3, -0.25) is 0 Å². The van der Waals surface area contributed by atoms with Gasteiger partial charge in [0.2, 0.25) is 10.0 Å². The molecule has 0 bridgehead atoms.